The third-order valence-electron chi connectivity index (χ3n) is 3.36. The van der Waals surface area contributed by atoms with E-state index in [4.69, 9.17) is 0 Å². The topological polar surface area (TPSA) is 58.9 Å². The smallest absolute Gasteiger partial charge is 0.220 e. The zero-order valence-electron chi connectivity index (χ0n) is 12.8. The van der Waals surface area contributed by atoms with Crippen LogP contribution >= 0.6 is 24.8 Å². The number of aryl methyl sites for hydroxylation is 2. The molecule has 1 rings (SSSR count). The molecule has 1 heterocycles. The van der Waals surface area contributed by atoms with Crippen molar-refractivity contribution < 1.29 is 4.79 Å². The van der Waals surface area contributed by atoms with E-state index >= 15 is 0 Å². The minimum absolute atomic E-state index is 0. The zero-order chi connectivity index (χ0) is 13.7. The number of carbonyl (C=O) groups is 1. The Labute approximate surface area is 133 Å². The Hall–Kier alpha value is -0.780. The van der Waals surface area contributed by atoms with Gasteiger partial charge in [-0.2, -0.15) is 5.10 Å². The first-order valence-electron chi connectivity index (χ1n) is 6.38. The molecule has 1 aromatic heterocycles. The van der Waals surface area contributed by atoms with E-state index in [1.165, 1.54) is 5.56 Å². The largest absolute Gasteiger partial charge is 0.355 e. The quantitative estimate of drug-likeness (QED) is 0.834. The summed E-state index contributed by atoms with van der Waals surface area (Å²) >= 11 is 0. The van der Waals surface area contributed by atoms with Gasteiger partial charge < -0.3 is 10.6 Å². The number of carbonyl (C=O) groups excluding carboxylic acids is 1. The van der Waals surface area contributed by atoms with Gasteiger partial charge in [-0.15, -0.1) is 24.8 Å². The van der Waals surface area contributed by atoms with Gasteiger partial charge in [0.1, 0.15) is 0 Å². The molecular weight excluding hydrogens is 299 g/mol. The van der Waals surface area contributed by atoms with Crippen LogP contribution in [0.15, 0.2) is 0 Å². The summed E-state index contributed by atoms with van der Waals surface area (Å²) in [6.07, 6.45) is 1.27. The van der Waals surface area contributed by atoms with Gasteiger partial charge in [-0.1, -0.05) is 0 Å². The minimum atomic E-state index is 0. The lowest BCUT2D eigenvalue weighted by molar-refractivity contribution is -0.121. The molecule has 1 amide bonds. The number of nitrogens with one attached hydrogen (secondary N) is 2. The number of amides is 1. The molecule has 0 aliphatic rings. The van der Waals surface area contributed by atoms with Crippen molar-refractivity contribution in [1.82, 2.24) is 20.4 Å². The summed E-state index contributed by atoms with van der Waals surface area (Å²) in [7, 11) is 3.82. The number of likely N-dealkylation sites (N-methyl/N-ethyl adjacent to an activating group) is 1. The van der Waals surface area contributed by atoms with Gasteiger partial charge in [0.15, 0.2) is 0 Å². The van der Waals surface area contributed by atoms with E-state index in [-0.39, 0.29) is 30.7 Å². The van der Waals surface area contributed by atoms with E-state index in [0.717, 1.165) is 17.8 Å². The molecule has 2 N–H and O–H groups in total. The highest BCUT2D eigenvalue weighted by Gasteiger charge is 2.11. The average molecular weight is 325 g/mol. The number of hydrogen-bond donors (Lipinski definition) is 2. The van der Waals surface area contributed by atoms with E-state index in [1.807, 2.05) is 39.5 Å². The van der Waals surface area contributed by atoms with E-state index in [9.17, 15) is 4.79 Å². The average Bonchev–Trinajstić information content (AvgIpc) is 2.58. The molecule has 5 nitrogen and oxygen atoms in total. The van der Waals surface area contributed by atoms with Crippen LogP contribution < -0.4 is 10.6 Å². The highest BCUT2D eigenvalue weighted by atomic mass is 35.5. The van der Waals surface area contributed by atoms with Crippen LogP contribution in [0.5, 0.6) is 0 Å². The molecule has 0 aromatic carbocycles. The molecule has 1 aromatic rings. The third kappa shape index (κ3) is 6.11. The van der Waals surface area contributed by atoms with Crippen molar-refractivity contribution in [3.05, 3.63) is 17.0 Å². The third-order valence-corrected chi connectivity index (χ3v) is 3.36. The Bertz CT molecular complexity index is 421. The van der Waals surface area contributed by atoms with E-state index in [0.29, 0.717) is 19.0 Å². The van der Waals surface area contributed by atoms with Crippen LogP contribution in [-0.2, 0) is 18.3 Å². The normalized spacial score (nSPS) is 11.2. The molecule has 0 aliphatic carbocycles. The monoisotopic (exact) mass is 324 g/mol. The standard InChI is InChI=1S/C13H24N4O.2ClH/c1-9(14-4)8-15-13(18)7-6-12-10(2)16-17(5)11(12)3;;/h9,14H,6-8H2,1-5H3,(H,15,18);2*1H. The first kappa shape index (κ1) is 21.5. The maximum Gasteiger partial charge on any atom is 0.220 e. The fraction of sp³-hybridized carbons (Fsp3) is 0.692. The Kier molecular flexibility index (Phi) is 10.8. The van der Waals surface area contributed by atoms with Gasteiger partial charge in [0.2, 0.25) is 5.91 Å². The Morgan fingerprint density at radius 3 is 2.40 bits per heavy atom. The summed E-state index contributed by atoms with van der Waals surface area (Å²) in [6.45, 7) is 6.73. The van der Waals surface area contributed by atoms with Crippen molar-refractivity contribution >= 4 is 30.7 Å². The lowest BCUT2D eigenvalue weighted by atomic mass is 10.1. The van der Waals surface area contributed by atoms with Crippen molar-refractivity contribution in [2.24, 2.45) is 7.05 Å². The fourth-order valence-electron chi connectivity index (χ4n) is 1.88. The van der Waals surface area contributed by atoms with Gasteiger partial charge >= 0.3 is 0 Å². The van der Waals surface area contributed by atoms with Crippen LogP contribution in [0.3, 0.4) is 0 Å². The molecule has 1 atom stereocenters. The van der Waals surface area contributed by atoms with Gasteiger partial charge in [-0.25, -0.2) is 0 Å². The molecule has 20 heavy (non-hydrogen) atoms. The van der Waals surface area contributed by atoms with Gasteiger partial charge in [-0.05, 0) is 39.8 Å². The SMILES string of the molecule is CNC(C)CNC(=O)CCc1c(C)nn(C)c1C.Cl.Cl. The zero-order valence-corrected chi connectivity index (χ0v) is 14.5. The molecule has 0 spiro atoms. The summed E-state index contributed by atoms with van der Waals surface area (Å²) < 4.78 is 1.87. The van der Waals surface area contributed by atoms with Crippen LogP contribution in [-0.4, -0.2) is 35.3 Å². The van der Waals surface area contributed by atoms with Crippen LogP contribution in [0.1, 0.15) is 30.3 Å². The number of hydrogen-bond acceptors (Lipinski definition) is 3. The van der Waals surface area contributed by atoms with Gasteiger partial charge in [-0.3, -0.25) is 9.48 Å². The summed E-state index contributed by atoms with van der Waals surface area (Å²) in [5.41, 5.74) is 3.35. The predicted molar refractivity (Wildman–Crippen MR) is 87.0 cm³/mol. The first-order chi connectivity index (χ1) is 8.45. The second kappa shape index (κ2) is 10.0. The number of nitrogens with zero attached hydrogens (tertiary/aromatic N) is 2. The fourth-order valence-corrected chi connectivity index (χ4v) is 1.88. The van der Waals surface area contributed by atoms with E-state index < -0.39 is 0 Å². The molecule has 0 radical (unpaired) electrons. The Balaban J connectivity index is 0. The van der Waals surface area contributed by atoms with Crippen LogP contribution in [0.25, 0.3) is 0 Å². The summed E-state index contributed by atoms with van der Waals surface area (Å²) in [6, 6.07) is 0.302. The highest BCUT2D eigenvalue weighted by Crippen LogP contribution is 2.13. The number of halogens is 2. The summed E-state index contributed by atoms with van der Waals surface area (Å²) in [4.78, 5) is 11.7. The van der Waals surface area contributed by atoms with E-state index in [2.05, 4.69) is 15.7 Å². The number of aromatic nitrogens is 2. The lowest BCUT2D eigenvalue weighted by Crippen LogP contribution is -2.37. The number of rotatable bonds is 6. The molecule has 118 valence electrons. The van der Waals surface area contributed by atoms with Crippen molar-refractivity contribution in [2.45, 2.75) is 39.7 Å². The minimum Gasteiger partial charge on any atom is -0.355 e. The molecule has 0 aliphatic heterocycles. The van der Waals surface area contributed by atoms with Crippen LogP contribution in [0, 0.1) is 13.8 Å². The second-order valence-corrected chi connectivity index (χ2v) is 4.77. The van der Waals surface area contributed by atoms with Crippen molar-refractivity contribution in [3.63, 3.8) is 0 Å². The van der Waals surface area contributed by atoms with Crippen molar-refractivity contribution in [2.75, 3.05) is 13.6 Å². The summed E-state index contributed by atoms with van der Waals surface area (Å²) in [5, 5.41) is 10.4. The summed E-state index contributed by atoms with van der Waals surface area (Å²) in [5.74, 6) is 0.0970. The van der Waals surface area contributed by atoms with Gasteiger partial charge in [0, 0.05) is 31.7 Å². The second-order valence-electron chi connectivity index (χ2n) is 4.77. The molecule has 0 bridgehead atoms. The molecule has 0 saturated heterocycles. The molecule has 0 saturated carbocycles. The van der Waals surface area contributed by atoms with Crippen molar-refractivity contribution in [1.29, 1.82) is 0 Å². The van der Waals surface area contributed by atoms with E-state index in [1.54, 1.807) is 0 Å². The highest BCUT2D eigenvalue weighted by molar-refractivity contribution is 5.85. The molecule has 0 fully saturated rings. The Morgan fingerprint density at radius 2 is 1.95 bits per heavy atom. The molecule has 1 unspecified atom stereocenters. The van der Waals surface area contributed by atoms with Gasteiger partial charge in [0.05, 0.1) is 5.69 Å². The first-order valence-corrected chi connectivity index (χ1v) is 6.38. The van der Waals surface area contributed by atoms with Gasteiger partial charge in [0.25, 0.3) is 0 Å². The van der Waals surface area contributed by atoms with Crippen LogP contribution in [0.2, 0.25) is 0 Å². The van der Waals surface area contributed by atoms with Crippen LogP contribution in [0.4, 0.5) is 0 Å². The lowest BCUT2D eigenvalue weighted by Gasteiger charge is -2.11. The maximum atomic E-state index is 11.7. The maximum absolute atomic E-state index is 11.7. The molecular formula is C13H26Cl2N4O. The Morgan fingerprint density at radius 1 is 1.35 bits per heavy atom. The van der Waals surface area contributed by atoms with Crippen molar-refractivity contribution in [3.8, 4) is 0 Å². The molecule has 7 heteroatoms. The predicted octanol–water partition coefficient (Wildman–Crippen LogP) is 1.54.